The van der Waals surface area contributed by atoms with Crippen molar-refractivity contribution in [2.45, 2.75) is 38.6 Å². The van der Waals surface area contributed by atoms with E-state index in [2.05, 4.69) is 12.2 Å². The summed E-state index contributed by atoms with van der Waals surface area (Å²) in [5.74, 6) is 0.912. The standard InChI is InChI=1S/C18H20FNO2/c1-12-4-2-3-5-15(12)20-18(21)17-11-10-16(22-17)13-6-8-14(19)9-7-13/h6-12,15H,2-5H2,1H3,(H,20,21)/t12-,15-/m0/s1. The summed E-state index contributed by atoms with van der Waals surface area (Å²) < 4.78 is 18.6. The van der Waals surface area contributed by atoms with Gasteiger partial charge in [-0.3, -0.25) is 4.79 Å². The normalized spacial score (nSPS) is 21.5. The van der Waals surface area contributed by atoms with Crippen LogP contribution >= 0.6 is 0 Å². The first kappa shape index (κ1) is 14.8. The van der Waals surface area contributed by atoms with Gasteiger partial charge in [0.25, 0.3) is 5.91 Å². The molecule has 0 spiro atoms. The van der Waals surface area contributed by atoms with Gasteiger partial charge >= 0.3 is 0 Å². The van der Waals surface area contributed by atoms with Crippen LogP contribution < -0.4 is 5.32 Å². The smallest absolute Gasteiger partial charge is 0.287 e. The van der Waals surface area contributed by atoms with Crippen molar-refractivity contribution in [3.63, 3.8) is 0 Å². The maximum Gasteiger partial charge on any atom is 0.287 e. The van der Waals surface area contributed by atoms with Gasteiger partial charge in [-0.05, 0) is 55.2 Å². The Morgan fingerprint density at radius 3 is 2.59 bits per heavy atom. The summed E-state index contributed by atoms with van der Waals surface area (Å²) in [6.45, 7) is 2.18. The fourth-order valence-corrected chi connectivity index (χ4v) is 3.00. The van der Waals surface area contributed by atoms with E-state index in [0.29, 0.717) is 17.4 Å². The Labute approximate surface area is 129 Å². The second-order valence-electron chi connectivity index (χ2n) is 6.01. The Hall–Kier alpha value is -2.10. The number of hydrogen-bond acceptors (Lipinski definition) is 2. The highest BCUT2D eigenvalue weighted by Crippen LogP contribution is 2.25. The van der Waals surface area contributed by atoms with Gasteiger partial charge in [-0.25, -0.2) is 4.39 Å². The number of hydrogen-bond donors (Lipinski definition) is 1. The highest BCUT2D eigenvalue weighted by molar-refractivity contribution is 5.92. The molecule has 0 radical (unpaired) electrons. The molecule has 1 N–H and O–H groups in total. The molecule has 3 nitrogen and oxygen atoms in total. The molecule has 1 aromatic heterocycles. The molecule has 116 valence electrons. The van der Waals surface area contributed by atoms with Crippen LogP contribution in [0.15, 0.2) is 40.8 Å². The number of benzene rings is 1. The summed E-state index contributed by atoms with van der Waals surface area (Å²) in [5.41, 5.74) is 0.756. The van der Waals surface area contributed by atoms with Crippen LogP contribution in [-0.2, 0) is 0 Å². The van der Waals surface area contributed by atoms with E-state index >= 15 is 0 Å². The van der Waals surface area contributed by atoms with E-state index in [0.717, 1.165) is 24.8 Å². The molecule has 1 aliphatic carbocycles. The summed E-state index contributed by atoms with van der Waals surface area (Å²) in [6.07, 6.45) is 4.58. The molecule has 0 aliphatic heterocycles. The van der Waals surface area contributed by atoms with Crippen molar-refractivity contribution in [3.8, 4) is 11.3 Å². The van der Waals surface area contributed by atoms with Gasteiger partial charge < -0.3 is 9.73 Å². The first-order chi connectivity index (χ1) is 10.6. The molecule has 0 unspecified atom stereocenters. The van der Waals surface area contributed by atoms with Gasteiger partial charge in [0, 0.05) is 11.6 Å². The van der Waals surface area contributed by atoms with Crippen molar-refractivity contribution >= 4 is 5.91 Å². The number of nitrogens with one attached hydrogen (secondary N) is 1. The molecule has 1 saturated carbocycles. The van der Waals surface area contributed by atoms with Crippen molar-refractivity contribution in [3.05, 3.63) is 48.0 Å². The minimum Gasteiger partial charge on any atom is -0.451 e. The third-order valence-electron chi connectivity index (χ3n) is 4.39. The maximum atomic E-state index is 12.9. The molecule has 22 heavy (non-hydrogen) atoms. The van der Waals surface area contributed by atoms with E-state index in [1.165, 1.54) is 18.6 Å². The van der Waals surface area contributed by atoms with Crippen molar-refractivity contribution in [2.24, 2.45) is 5.92 Å². The van der Waals surface area contributed by atoms with E-state index in [-0.39, 0.29) is 17.8 Å². The van der Waals surface area contributed by atoms with Crippen LogP contribution in [0.4, 0.5) is 4.39 Å². The Morgan fingerprint density at radius 2 is 1.86 bits per heavy atom. The lowest BCUT2D eigenvalue weighted by Gasteiger charge is -2.29. The van der Waals surface area contributed by atoms with E-state index in [9.17, 15) is 9.18 Å². The zero-order chi connectivity index (χ0) is 15.5. The minimum atomic E-state index is -0.292. The lowest BCUT2D eigenvalue weighted by Crippen LogP contribution is -2.40. The SMILES string of the molecule is C[C@H]1CCCC[C@@H]1NC(=O)c1ccc(-c2ccc(F)cc2)o1. The second kappa shape index (κ2) is 6.34. The Bertz CT molecular complexity index is 647. The molecule has 1 amide bonds. The number of furan rings is 1. The summed E-state index contributed by atoms with van der Waals surface area (Å²) in [5, 5.41) is 3.07. The van der Waals surface area contributed by atoms with E-state index < -0.39 is 0 Å². The van der Waals surface area contributed by atoms with Crippen molar-refractivity contribution in [2.75, 3.05) is 0 Å². The molecule has 1 aliphatic rings. The number of rotatable bonds is 3. The number of amides is 1. The third kappa shape index (κ3) is 3.21. The lowest BCUT2D eigenvalue weighted by molar-refractivity contribution is 0.0883. The summed E-state index contributed by atoms with van der Waals surface area (Å²) in [7, 11) is 0. The minimum absolute atomic E-state index is 0.174. The van der Waals surface area contributed by atoms with Crippen LogP contribution in [0.25, 0.3) is 11.3 Å². The van der Waals surface area contributed by atoms with Gasteiger partial charge in [0.1, 0.15) is 11.6 Å². The van der Waals surface area contributed by atoms with Gasteiger partial charge in [0.05, 0.1) is 0 Å². The van der Waals surface area contributed by atoms with Gasteiger partial charge in [-0.2, -0.15) is 0 Å². The monoisotopic (exact) mass is 301 g/mol. The Morgan fingerprint density at radius 1 is 1.14 bits per heavy atom. The lowest BCUT2D eigenvalue weighted by atomic mass is 9.86. The second-order valence-corrected chi connectivity index (χ2v) is 6.01. The largest absolute Gasteiger partial charge is 0.451 e. The first-order valence-corrected chi connectivity index (χ1v) is 7.80. The van der Waals surface area contributed by atoms with Crippen LogP contribution in [0.3, 0.4) is 0 Å². The first-order valence-electron chi connectivity index (χ1n) is 7.80. The predicted molar refractivity (Wildman–Crippen MR) is 83.0 cm³/mol. The van der Waals surface area contributed by atoms with Crippen LogP contribution in [-0.4, -0.2) is 11.9 Å². The Kier molecular flexibility index (Phi) is 4.27. The number of halogens is 1. The molecule has 2 atom stereocenters. The quantitative estimate of drug-likeness (QED) is 0.913. The van der Waals surface area contributed by atoms with Gasteiger partial charge in [0.15, 0.2) is 5.76 Å². The fourth-order valence-electron chi connectivity index (χ4n) is 3.00. The molecule has 4 heteroatoms. The molecule has 1 fully saturated rings. The fraction of sp³-hybridized carbons (Fsp3) is 0.389. The van der Waals surface area contributed by atoms with Crippen molar-refractivity contribution in [1.82, 2.24) is 5.32 Å². The average Bonchev–Trinajstić information content (AvgIpc) is 3.00. The summed E-state index contributed by atoms with van der Waals surface area (Å²) in [6, 6.07) is 9.66. The summed E-state index contributed by atoms with van der Waals surface area (Å²) >= 11 is 0. The number of carbonyl (C=O) groups is 1. The molecule has 2 aromatic rings. The van der Waals surface area contributed by atoms with E-state index in [1.807, 2.05) is 0 Å². The molecule has 0 saturated heterocycles. The van der Waals surface area contributed by atoms with Crippen LogP contribution in [0.2, 0.25) is 0 Å². The van der Waals surface area contributed by atoms with Crippen LogP contribution in [0, 0.1) is 11.7 Å². The topological polar surface area (TPSA) is 42.2 Å². The van der Waals surface area contributed by atoms with E-state index in [4.69, 9.17) is 4.42 Å². The van der Waals surface area contributed by atoms with Gasteiger partial charge in [-0.1, -0.05) is 19.8 Å². The molecule has 1 aromatic carbocycles. The van der Waals surface area contributed by atoms with E-state index in [1.54, 1.807) is 24.3 Å². The third-order valence-corrected chi connectivity index (χ3v) is 4.39. The summed E-state index contributed by atoms with van der Waals surface area (Å²) in [4.78, 5) is 12.3. The molecule has 3 rings (SSSR count). The molecule has 0 bridgehead atoms. The average molecular weight is 301 g/mol. The van der Waals surface area contributed by atoms with Gasteiger partial charge in [0.2, 0.25) is 0 Å². The highest BCUT2D eigenvalue weighted by Gasteiger charge is 2.24. The van der Waals surface area contributed by atoms with Crippen LogP contribution in [0.5, 0.6) is 0 Å². The Balaban J connectivity index is 1.70. The number of carbonyl (C=O) groups excluding carboxylic acids is 1. The molecular formula is C18H20FNO2. The predicted octanol–water partition coefficient (Wildman–Crippen LogP) is 4.39. The maximum absolute atomic E-state index is 12.9. The molecule has 1 heterocycles. The van der Waals surface area contributed by atoms with Gasteiger partial charge in [-0.15, -0.1) is 0 Å². The zero-order valence-electron chi connectivity index (χ0n) is 12.6. The highest BCUT2D eigenvalue weighted by atomic mass is 19.1. The zero-order valence-corrected chi connectivity index (χ0v) is 12.6. The molecular weight excluding hydrogens is 281 g/mol. The van der Waals surface area contributed by atoms with Crippen molar-refractivity contribution in [1.29, 1.82) is 0 Å². The van der Waals surface area contributed by atoms with Crippen molar-refractivity contribution < 1.29 is 13.6 Å². The van der Waals surface area contributed by atoms with Crippen LogP contribution in [0.1, 0.15) is 43.2 Å².